The Morgan fingerprint density at radius 2 is 1.95 bits per heavy atom. The van der Waals surface area contributed by atoms with Crippen LogP contribution in [-0.2, 0) is 19.3 Å². The molecular weight excluding hydrogens is 336 g/mol. The van der Waals surface area contributed by atoms with Gasteiger partial charge in [-0.25, -0.2) is 0 Å². The van der Waals surface area contributed by atoms with Crippen LogP contribution in [0.3, 0.4) is 0 Å². The van der Waals surface area contributed by atoms with E-state index in [1.54, 1.807) is 0 Å². The lowest BCUT2D eigenvalue weighted by molar-refractivity contribution is 0.0267. The predicted octanol–water partition coefficient (Wildman–Crippen LogP) is 4.57. The van der Waals surface area contributed by atoms with Gasteiger partial charge in [0.05, 0.1) is 5.60 Å². The van der Waals surface area contributed by atoms with Crippen molar-refractivity contribution in [3.63, 3.8) is 0 Å². The van der Waals surface area contributed by atoms with Gasteiger partial charge >= 0.3 is 0 Å². The lowest BCUT2D eigenvalue weighted by Gasteiger charge is -2.34. The van der Waals surface area contributed by atoms with Crippen molar-refractivity contribution in [3.05, 3.63) is 68.7 Å². The van der Waals surface area contributed by atoms with Crippen molar-refractivity contribution < 1.29 is 5.11 Å². The van der Waals surface area contributed by atoms with Crippen LogP contribution in [-0.4, -0.2) is 10.7 Å². The number of hydrogen-bond acceptors (Lipinski definition) is 1. The second-order valence-electron chi connectivity index (χ2n) is 5.58. The molecule has 1 N–H and O–H groups in total. The Hall–Kier alpha value is -0.830. The zero-order valence-electron chi connectivity index (χ0n) is 11.1. The van der Waals surface area contributed by atoms with E-state index in [1.165, 1.54) is 11.1 Å². The zero-order chi connectivity index (χ0) is 14.2. The largest absolute Gasteiger partial charge is 0.389 e. The molecule has 0 spiro atoms. The van der Waals surface area contributed by atoms with Gasteiger partial charge in [0.25, 0.3) is 0 Å². The molecule has 3 rings (SSSR count). The molecule has 0 bridgehead atoms. The zero-order valence-corrected chi connectivity index (χ0v) is 13.4. The number of halogens is 2. The Kier molecular flexibility index (Phi) is 3.89. The molecule has 1 unspecified atom stereocenters. The van der Waals surface area contributed by atoms with Crippen LogP contribution in [0.25, 0.3) is 0 Å². The number of rotatable bonds is 2. The average Bonchev–Trinajstić information content (AvgIpc) is 2.42. The van der Waals surface area contributed by atoms with Gasteiger partial charge in [0.15, 0.2) is 0 Å². The molecular formula is C17H16BrClO. The van der Waals surface area contributed by atoms with Crippen molar-refractivity contribution in [1.82, 2.24) is 0 Å². The smallest absolute Gasteiger partial charge is 0.0731 e. The van der Waals surface area contributed by atoms with E-state index < -0.39 is 5.60 Å². The standard InChI is InChI=1S/C17H16BrClO/c18-15-6-5-13-10-17(20,8-7-12(13)9-15)11-14-3-1-2-4-16(14)19/h1-6,9,20H,7-8,10-11H2. The van der Waals surface area contributed by atoms with Gasteiger partial charge in [0, 0.05) is 22.3 Å². The van der Waals surface area contributed by atoms with Gasteiger partial charge in [0.1, 0.15) is 0 Å². The van der Waals surface area contributed by atoms with E-state index in [9.17, 15) is 5.11 Å². The first-order valence-electron chi connectivity index (χ1n) is 6.79. The monoisotopic (exact) mass is 350 g/mol. The van der Waals surface area contributed by atoms with E-state index in [0.717, 1.165) is 27.9 Å². The highest BCUT2D eigenvalue weighted by atomic mass is 79.9. The van der Waals surface area contributed by atoms with Crippen molar-refractivity contribution in [2.75, 3.05) is 0 Å². The summed E-state index contributed by atoms with van der Waals surface area (Å²) in [5.41, 5.74) is 2.92. The third-order valence-corrected chi connectivity index (χ3v) is 4.89. The molecule has 0 heterocycles. The van der Waals surface area contributed by atoms with E-state index in [0.29, 0.717) is 12.8 Å². The summed E-state index contributed by atoms with van der Waals surface area (Å²) in [6.07, 6.45) is 3.00. The quantitative estimate of drug-likeness (QED) is 0.840. The molecule has 2 aromatic rings. The molecule has 1 nitrogen and oxygen atoms in total. The van der Waals surface area contributed by atoms with Crippen molar-refractivity contribution in [2.45, 2.75) is 31.3 Å². The van der Waals surface area contributed by atoms with Crippen molar-refractivity contribution in [3.8, 4) is 0 Å². The summed E-state index contributed by atoms with van der Waals surface area (Å²) in [6.45, 7) is 0. The van der Waals surface area contributed by atoms with E-state index >= 15 is 0 Å². The molecule has 0 saturated carbocycles. The maximum Gasteiger partial charge on any atom is 0.0731 e. The highest BCUT2D eigenvalue weighted by molar-refractivity contribution is 9.10. The fraction of sp³-hybridized carbons (Fsp3) is 0.294. The van der Waals surface area contributed by atoms with Crippen LogP contribution >= 0.6 is 27.5 Å². The Morgan fingerprint density at radius 1 is 1.15 bits per heavy atom. The van der Waals surface area contributed by atoms with Gasteiger partial charge in [-0.3, -0.25) is 0 Å². The van der Waals surface area contributed by atoms with E-state index in [-0.39, 0.29) is 0 Å². The topological polar surface area (TPSA) is 20.2 Å². The third-order valence-electron chi connectivity index (χ3n) is 4.02. The Morgan fingerprint density at radius 3 is 2.75 bits per heavy atom. The number of fused-ring (bicyclic) bond motifs is 1. The number of benzene rings is 2. The molecule has 1 aliphatic rings. The van der Waals surface area contributed by atoms with Crippen molar-refractivity contribution >= 4 is 27.5 Å². The minimum atomic E-state index is -0.689. The molecule has 0 amide bonds. The van der Waals surface area contributed by atoms with E-state index in [2.05, 4.69) is 28.1 Å². The van der Waals surface area contributed by atoms with Crippen LogP contribution in [0.5, 0.6) is 0 Å². The normalized spacial score (nSPS) is 21.6. The van der Waals surface area contributed by atoms with Crippen LogP contribution < -0.4 is 0 Å². The number of aliphatic hydroxyl groups is 1. The summed E-state index contributed by atoms with van der Waals surface area (Å²) in [5.74, 6) is 0. The fourth-order valence-corrected chi connectivity index (χ4v) is 3.57. The summed E-state index contributed by atoms with van der Waals surface area (Å²) < 4.78 is 1.10. The van der Waals surface area contributed by atoms with E-state index in [4.69, 9.17) is 11.6 Å². The van der Waals surface area contributed by atoms with Crippen LogP contribution in [0.15, 0.2) is 46.9 Å². The third kappa shape index (κ3) is 2.93. The molecule has 3 heteroatoms. The predicted molar refractivity (Wildman–Crippen MR) is 86.3 cm³/mol. The Balaban J connectivity index is 1.84. The minimum absolute atomic E-state index is 0.613. The first-order valence-corrected chi connectivity index (χ1v) is 7.96. The highest BCUT2D eigenvalue weighted by Gasteiger charge is 2.32. The summed E-state index contributed by atoms with van der Waals surface area (Å²) in [4.78, 5) is 0. The molecule has 104 valence electrons. The van der Waals surface area contributed by atoms with Crippen LogP contribution in [0.1, 0.15) is 23.1 Å². The summed E-state index contributed by atoms with van der Waals surface area (Å²) in [6, 6.07) is 14.1. The lowest BCUT2D eigenvalue weighted by atomic mass is 9.77. The second kappa shape index (κ2) is 5.51. The Bertz CT molecular complexity index is 641. The minimum Gasteiger partial charge on any atom is -0.389 e. The molecule has 2 aromatic carbocycles. The maximum absolute atomic E-state index is 10.9. The van der Waals surface area contributed by atoms with Crippen LogP contribution in [0, 0.1) is 0 Å². The number of aryl methyl sites for hydroxylation is 1. The average molecular weight is 352 g/mol. The molecule has 20 heavy (non-hydrogen) atoms. The van der Waals surface area contributed by atoms with Gasteiger partial charge in [-0.05, 0) is 47.7 Å². The molecule has 0 aromatic heterocycles. The first kappa shape index (κ1) is 14.1. The Labute approximate surface area is 132 Å². The van der Waals surface area contributed by atoms with Crippen molar-refractivity contribution in [2.24, 2.45) is 0 Å². The van der Waals surface area contributed by atoms with Gasteiger partial charge in [-0.2, -0.15) is 0 Å². The van der Waals surface area contributed by atoms with Crippen molar-refractivity contribution in [1.29, 1.82) is 0 Å². The fourth-order valence-electron chi connectivity index (χ4n) is 2.96. The second-order valence-corrected chi connectivity index (χ2v) is 6.91. The van der Waals surface area contributed by atoms with Crippen LogP contribution in [0.2, 0.25) is 5.02 Å². The molecule has 0 fully saturated rings. The molecule has 0 radical (unpaired) electrons. The maximum atomic E-state index is 10.9. The van der Waals surface area contributed by atoms with E-state index in [1.807, 2.05) is 30.3 Å². The molecule has 1 atom stereocenters. The summed E-state index contributed by atoms with van der Waals surface area (Å²) >= 11 is 9.71. The highest BCUT2D eigenvalue weighted by Crippen LogP contribution is 2.34. The summed E-state index contributed by atoms with van der Waals surface area (Å²) in [5, 5.41) is 11.6. The van der Waals surface area contributed by atoms with Gasteiger partial charge in [0.2, 0.25) is 0 Å². The van der Waals surface area contributed by atoms with Gasteiger partial charge < -0.3 is 5.11 Å². The SMILES string of the molecule is OC1(Cc2ccccc2Cl)CCc2cc(Br)ccc2C1. The molecule has 0 aliphatic heterocycles. The summed E-state index contributed by atoms with van der Waals surface area (Å²) in [7, 11) is 0. The van der Waals surface area contributed by atoms with Crippen LogP contribution in [0.4, 0.5) is 0 Å². The first-order chi connectivity index (χ1) is 9.56. The van der Waals surface area contributed by atoms with Gasteiger partial charge in [-0.15, -0.1) is 0 Å². The van der Waals surface area contributed by atoms with Gasteiger partial charge in [-0.1, -0.05) is 51.8 Å². The number of hydrogen-bond donors (Lipinski definition) is 1. The molecule has 0 saturated heterocycles. The lowest BCUT2D eigenvalue weighted by Crippen LogP contribution is -2.38. The molecule has 1 aliphatic carbocycles.